The summed E-state index contributed by atoms with van der Waals surface area (Å²) in [5.41, 5.74) is 0.273. The van der Waals surface area contributed by atoms with Crippen LogP contribution in [0.5, 0.6) is 11.5 Å². The molecule has 1 amide bonds. The maximum absolute atomic E-state index is 11.8. The molecule has 0 atom stereocenters. The number of carbonyl (C=O) groups excluding carboxylic acids is 2. The van der Waals surface area contributed by atoms with Crippen molar-refractivity contribution in [3.63, 3.8) is 0 Å². The monoisotopic (exact) mass is 477 g/mol. The highest BCUT2D eigenvalue weighted by atomic mass is 35.5. The Bertz CT molecular complexity index is 1090. The first kappa shape index (κ1) is 22.7. The molecular formula is C20H16ClN3O5S2. The number of para-hydroxylation sites is 1. The highest BCUT2D eigenvalue weighted by molar-refractivity contribution is 8.18. The molecule has 0 aliphatic carbocycles. The normalized spacial score (nSPS) is 16.2. The summed E-state index contributed by atoms with van der Waals surface area (Å²) in [5, 5.41) is 21.0. The third-order valence-corrected chi connectivity index (χ3v) is 6.06. The van der Waals surface area contributed by atoms with Crippen molar-refractivity contribution in [3.8, 4) is 11.5 Å². The van der Waals surface area contributed by atoms with Gasteiger partial charge in [0, 0.05) is 11.0 Å². The number of phenolic OH excluding ortho intramolecular Hbond substituents is 1. The SMILES string of the molecule is COC(=O)/C=C1/S/C(=N\N=Cc2c(O)cc(Sc3ccccc3OC)cc2Cl)NC1=O. The van der Waals surface area contributed by atoms with Crippen molar-refractivity contribution < 1.29 is 24.2 Å². The van der Waals surface area contributed by atoms with Crippen molar-refractivity contribution in [2.45, 2.75) is 9.79 Å². The lowest BCUT2D eigenvalue weighted by Gasteiger charge is -2.09. The van der Waals surface area contributed by atoms with Crippen LogP contribution in [0, 0.1) is 0 Å². The number of amidine groups is 1. The van der Waals surface area contributed by atoms with E-state index in [9.17, 15) is 14.7 Å². The van der Waals surface area contributed by atoms with Crippen molar-refractivity contribution in [2.75, 3.05) is 14.2 Å². The quantitative estimate of drug-likeness (QED) is 0.281. The molecule has 0 radical (unpaired) electrons. The molecule has 11 heteroatoms. The Hall–Kier alpha value is -2.95. The molecule has 1 saturated heterocycles. The van der Waals surface area contributed by atoms with Gasteiger partial charge in [-0.1, -0.05) is 35.5 Å². The van der Waals surface area contributed by atoms with E-state index in [1.54, 1.807) is 19.2 Å². The summed E-state index contributed by atoms with van der Waals surface area (Å²) in [6.07, 6.45) is 2.34. The first-order chi connectivity index (χ1) is 14.9. The van der Waals surface area contributed by atoms with Gasteiger partial charge in [-0.15, -0.1) is 5.10 Å². The Morgan fingerprint density at radius 3 is 2.77 bits per heavy atom. The van der Waals surface area contributed by atoms with Crippen molar-refractivity contribution in [1.82, 2.24) is 5.32 Å². The average Bonchev–Trinajstić information content (AvgIpc) is 3.09. The van der Waals surface area contributed by atoms with Crippen LogP contribution in [0.4, 0.5) is 0 Å². The third-order valence-electron chi connectivity index (χ3n) is 3.81. The molecule has 2 aromatic carbocycles. The fourth-order valence-corrected chi connectivity index (χ4v) is 4.44. The number of phenols is 1. The third kappa shape index (κ3) is 5.81. The molecule has 2 aromatic rings. The summed E-state index contributed by atoms with van der Waals surface area (Å²) in [5.74, 6) is -0.502. The van der Waals surface area contributed by atoms with Gasteiger partial charge in [-0.3, -0.25) is 10.1 Å². The molecule has 0 unspecified atom stereocenters. The Morgan fingerprint density at radius 2 is 2.06 bits per heavy atom. The van der Waals surface area contributed by atoms with Gasteiger partial charge in [0.05, 0.1) is 40.8 Å². The molecule has 1 heterocycles. The predicted octanol–water partition coefficient (Wildman–Crippen LogP) is 3.82. The van der Waals surface area contributed by atoms with Gasteiger partial charge < -0.3 is 14.6 Å². The van der Waals surface area contributed by atoms with Crippen molar-refractivity contribution >= 4 is 58.4 Å². The lowest BCUT2D eigenvalue weighted by Crippen LogP contribution is -2.19. The number of amides is 1. The number of carbonyl (C=O) groups is 2. The molecule has 160 valence electrons. The van der Waals surface area contributed by atoms with Crippen LogP contribution in [0.2, 0.25) is 5.02 Å². The molecule has 0 bridgehead atoms. The highest BCUT2D eigenvalue weighted by Gasteiger charge is 2.25. The Balaban J connectivity index is 1.75. The smallest absolute Gasteiger partial charge is 0.331 e. The number of rotatable bonds is 6. The Labute approximate surface area is 191 Å². The van der Waals surface area contributed by atoms with E-state index in [0.717, 1.165) is 22.7 Å². The first-order valence-electron chi connectivity index (χ1n) is 8.64. The van der Waals surface area contributed by atoms with E-state index in [4.69, 9.17) is 16.3 Å². The van der Waals surface area contributed by atoms with Crippen LogP contribution in [-0.4, -0.2) is 42.6 Å². The molecule has 8 nitrogen and oxygen atoms in total. The number of nitrogens with one attached hydrogen (secondary N) is 1. The molecule has 0 spiro atoms. The summed E-state index contributed by atoms with van der Waals surface area (Å²) in [4.78, 5) is 24.8. The molecular weight excluding hydrogens is 462 g/mol. The fourth-order valence-electron chi connectivity index (χ4n) is 2.38. The van der Waals surface area contributed by atoms with Gasteiger partial charge >= 0.3 is 5.97 Å². The van der Waals surface area contributed by atoms with Crippen molar-refractivity contribution in [2.24, 2.45) is 10.2 Å². The van der Waals surface area contributed by atoms with Gasteiger partial charge in [-0.25, -0.2) is 4.79 Å². The number of nitrogens with zero attached hydrogens (tertiary/aromatic N) is 2. The van der Waals surface area contributed by atoms with Gasteiger partial charge in [0.1, 0.15) is 11.5 Å². The van der Waals surface area contributed by atoms with E-state index in [1.807, 2.05) is 24.3 Å². The molecule has 0 aromatic heterocycles. The number of thioether (sulfide) groups is 1. The van der Waals surface area contributed by atoms with Gasteiger partial charge in [-0.2, -0.15) is 5.10 Å². The van der Waals surface area contributed by atoms with Crippen LogP contribution >= 0.6 is 35.1 Å². The van der Waals surface area contributed by atoms with Gasteiger partial charge in [0.15, 0.2) is 5.17 Å². The maximum atomic E-state index is 11.8. The molecule has 3 rings (SSSR count). The summed E-state index contributed by atoms with van der Waals surface area (Å²) in [6.45, 7) is 0. The Morgan fingerprint density at radius 1 is 1.29 bits per heavy atom. The zero-order valence-corrected chi connectivity index (χ0v) is 18.7. The van der Waals surface area contributed by atoms with Crippen LogP contribution in [0.15, 0.2) is 67.4 Å². The highest BCUT2D eigenvalue weighted by Crippen LogP contribution is 2.38. The number of halogens is 1. The van der Waals surface area contributed by atoms with Crippen LogP contribution in [-0.2, 0) is 14.3 Å². The molecule has 2 N–H and O–H groups in total. The summed E-state index contributed by atoms with van der Waals surface area (Å²) in [6, 6.07) is 10.7. The topological polar surface area (TPSA) is 110 Å². The summed E-state index contributed by atoms with van der Waals surface area (Å²) in [7, 11) is 2.80. The van der Waals surface area contributed by atoms with Crippen LogP contribution in [0.3, 0.4) is 0 Å². The number of ether oxygens (including phenoxy) is 2. The number of methoxy groups -OCH3 is 2. The molecule has 31 heavy (non-hydrogen) atoms. The average molecular weight is 478 g/mol. The lowest BCUT2D eigenvalue weighted by molar-refractivity contribution is -0.135. The Kier molecular flexibility index (Phi) is 7.61. The minimum absolute atomic E-state index is 0.0803. The summed E-state index contributed by atoms with van der Waals surface area (Å²) >= 11 is 8.64. The van der Waals surface area contributed by atoms with E-state index in [-0.39, 0.29) is 26.4 Å². The lowest BCUT2D eigenvalue weighted by atomic mass is 10.2. The molecule has 1 fully saturated rings. The molecule has 1 aliphatic heterocycles. The van der Waals surface area contributed by atoms with Crippen LogP contribution < -0.4 is 10.1 Å². The number of esters is 1. The zero-order valence-electron chi connectivity index (χ0n) is 16.3. The molecule has 1 aliphatic rings. The predicted molar refractivity (Wildman–Crippen MR) is 121 cm³/mol. The van der Waals surface area contributed by atoms with Gasteiger partial charge in [-0.05, 0) is 36.0 Å². The van der Waals surface area contributed by atoms with Crippen molar-refractivity contribution in [1.29, 1.82) is 0 Å². The second-order valence-electron chi connectivity index (χ2n) is 5.83. The second kappa shape index (κ2) is 10.4. The standard InChI is InChI=1S/C20H16ClN3O5S2/c1-28-15-5-3-4-6-16(15)30-11-7-13(21)12(14(25)8-11)10-22-24-20-23-19(27)17(31-20)9-18(26)29-2/h3-10,25H,1-2H3,(H,23,24,27)/b17-9+,22-10?. The maximum Gasteiger partial charge on any atom is 0.331 e. The fraction of sp³-hybridized carbons (Fsp3) is 0.100. The number of benzene rings is 2. The van der Waals surface area contributed by atoms with E-state index in [1.165, 1.54) is 25.1 Å². The number of hydrogen-bond donors (Lipinski definition) is 2. The first-order valence-corrected chi connectivity index (χ1v) is 10.7. The number of hydrogen-bond acceptors (Lipinski definition) is 9. The van der Waals surface area contributed by atoms with E-state index >= 15 is 0 Å². The minimum Gasteiger partial charge on any atom is -0.507 e. The van der Waals surface area contributed by atoms with Gasteiger partial charge in [0.2, 0.25) is 0 Å². The van der Waals surface area contributed by atoms with Crippen molar-refractivity contribution in [3.05, 3.63) is 58.0 Å². The number of aromatic hydroxyl groups is 1. The second-order valence-corrected chi connectivity index (χ2v) is 8.38. The minimum atomic E-state index is -0.648. The van der Waals surface area contributed by atoms with Gasteiger partial charge in [0.25, 0.3) is 5.91 Å². The van der Waals surface area contributed by atoms with E-state index in [2.05, 4.69) is 20.3 Å². The van der Waals surface area contributed by atoms with Crippen LogP contribution in [0.1, 0.15) is 5.56 Å². The van der Waals surface area contributed by atoms with E-state index in [0.29, 0.717) is 10.6 Å². The van der Waals surface area contributed by atoms with Crippen LogP contribution in [0.25, 0.3) is 0 Å². The van der Waals surface area contributed by atoms with E-state index < -0.39 is 11.9 Å². The summed E-state index contributed by atoms with van der Waals surface area (Å²) < 4.78 is 9.82. The zero-order chi connectivity index (χ0) is 22.4. The largest absolute Gasteiger partial charge is 0.507 e. The molecule has 0 saturated carbocycles.